The molecule has 0 saturated carbocycles. The summed E-state index contributed by atoms with van der Waals surface area (Å²) in [5, 5.41) is 11.8. The van der Waals surface area contributed by atoms with E-state index in [1.165, 1.54) is 16.7 Å². The van der Waals surface area contributed by atoms with Crippen LogP contribution in [0.4, 0.5) is 10.5 Å². The number of anilines is 1. The molecule has 0 bridgehead atoms. The highest BCUT2D eigenvalue weighted by Gasteiger charge is 2.34. The number of amides is 2. The Hall–Kier alpha value is -0.960. The first-order valence-electron chi connectivity index (χ1n) is 5.22. The number of urea groups is 1. The van der Waals surface area contributed by atoms with E-state index in [9.17, 15) is 9.59 Å². The fourth-order valence-electron chi connectivity index (χ4n) is 1.60. The highest BCUT2D eigenvalue weighted by Crippen LogP contribution is 2.23. The summed E-state index contributed by atoms with van der Waals surface area (Å²) in [4.78, 5) is 24.4. The van der Waals surface area contributed by atoms with E-state index in [2.05, 4.69) is 27.9 Å². The van der Waals surface area contributed by atoms with Crippen molar-refractivity contribution in [2.45, 2.75) is 6.04 Å². The Morgan fingerprint density at radius 2 is 2.17 bits per heavy atom. The number of para-hydroxylation sites is 1. The van der Waals surface area contributed by atoms with Gasteiger partial charge in [-0.2, -0.15) is 0 Å². The average molecular weight is 378 g/mol. The van der Waals surface area contributed by atoms with Crippen molar-refractivity contribution < 1.29 is 14.7 Å². The topological polar surface area (TPSA) is 69.6 Å². The largest absolute Gasteiger partial charge is 0.480 e. The molecule has 1 aliphatic rings. The molecule has 1 aromatic carbocycles. The number of benzene rings is 1. The van der Waals surface area contributed by atoms with E-state index >= 15 is 0 Å². The second kappa shape index (κ2) is 5.79. The molecule has 0 aromatic heterocycles. The van der Waals surface area contributed by atoms with Crippen LogP contribution in [0.25, 0.3) is 0 Å². The standard InChI is InChI=1S/C11H11IN2O3S/c12-7-3-1-2-4-8(7)13-11(17)14-6-18-5-9(14)10(15)16/h1-4,9H,5-6H2,(H,13,17)(H,15,16)/t9-/m0/s1. The fourth-order valence-corrected chi connectivity index (χ4v) is 3.26. The zero-order chi connectivity index (χ0) is 13.1. The van der Waals surface area contributed by atoms with Gasteiger partial charge in [-0.1, -0.05) is 12.1 Å². The number of carbonyl (C=O) groups excluding carboxylic acids is 1. The number of aliphatic carboxylic acids is 1. The molecule has 0 unspecified atom stereocenters. The molecule has 2 rings (SSSR count). The van der Waals surface area contributed by atoms with Crippen LogP contribution in [0.3, 0.4) is 0 Å². The lowest BCUT2D eigenvalue weighted by molar-refractivity contribution is -0.140. The van der Waals surface area contributed by atoms with Gasteiger partial charge in [-0.05, 0) is 34.7 Å². The van der Waals surface area contributed by atoms with Gasteiger partial charge in [0.1, 0.15) is 6.04 Å². The number of carbonyl (C=O) groups is 2. The van der Waals surface area contributed by atoms with Crippen LogP contribution in [0.15, 0.2) is 24.3 Å². The molecule has 5 nitrogen and oxygen atoms in total. The Morgan fingerprint density at radius 3 is 2.83 bits per heavy atom. The van der Waals surface area contributed by atoms with Crippen LogP contribution >= 0.6 is 34.4 Å². The van der Waals surface area contributed by atoms with Crippen LogP contribution in [0.2, 0.25) is 0 Å². The van der Waals surface area contributed by atoms with E-state index in [1.807, 2.05) is 18.2 Å². The first-order valence-corrected chi connectivity index (χ1v) is 7.45. The Balaban J connectivity index is 2.08. The minimum Gasteiger partial charge on any atom is -0.480 e. The molecule has 96 valence electrons. The van der Waals surface area contributed by atoms with Crippen molar-refractivity contribution in [2.75, 3.05) is 16.9 Å². The van der Waals surface area contributed by atoms with Crippen LogP contribution in [0, 0.1) is 3.57 Å². The maximum absolute atomic E-state index is 12.0. The molecule has 1 saturated heterocycles. The number of rotatable bonds is 2. The van der Waals surface area contributed by atoms with E-state index < -0.39 is 12.0 Å². The Kier molecular flexibility index (Phi) is 4.33. The van der Waals surface area contributed by atoms with Crippen molar-refractivity contribution in [1.82, 2.24) is 4.90 Å². The molecule has 1 fully saturated rings. The molecule has 2 N–H and O–H groups in total. The van der Waals surface area contributed by atoms with Gasteiger partial charge in [0.2, 0.25) is 0 Å². The number of hydrogen-bond acceptors (Lipinski definition) is 3. The smallest absolute Gasteiger partial charge is 0.327 e. The van der Waals surface area contributed by atoms with E-state index in [4.69, 9.17) is 5.11 Å². The third kappa shape index (κ3) is 2.89. The number of hydrogen-bond donors (Lipinski definition) is 2. The summed E-state index contributed by atoms with van der Waals surface area (Å²) in [6.07, 6.45) is 0. The van der Waals surface area contributed by atoms with E-state index in [0.29, 0.717) is 17.3 Å². The predicted molar refractivity (Wildman–Crippen MR) is 78.8 cm³/mol. The Bertz CT molecular complexity index is 483. The molecule has 1 aliphatic heterocycles. The number of halogens is 1. The molecule has 18 heavy (non-hydrogen) atoms. The molecular formula is C11H11IN2O3S. The van der Waals surface area contributed by atoms with Gasteiger partial charge in [0, 0.05) is 9.32 Å². The SMILES string of the molecule is O=C(O)[C@@H]1CSCN1C(=O)Nc1ccccc1I. The minimum atomic E-state index is -0.960. The summed E-state index contributed by atoms with van der Waals surface area (Å²) in [7, 11) is 0. The first-order chi connectivity index (χ1) is 8.59. The fraction of sp³-hybridized carbons (Fsp3) is 0.273. The van der Waals surface area contributed by atoms with Crippen LogP contribution in [0.1, 0.15) is 0 Å². The molecule has 7 heteroatoms. The van der Waals surface area contributed by atoms with Gasteiger partial charge in [0.25, 0.3) is 0 Å². The van der Waals surface area contributed by atoms with Crippen molar-refractivity contribution in [2.24, 2.45) is 0 Å². The van der Waals surface area contributed by atoms with Gasteiger partial charge in [-0.25, -0.2) is 9.59 Å². The molecule has 1 heterocycles. The molecular weight excluding hydrogens is 367 g/mol. The van der Waals surface area contributed by atoms with Gasteiger partial charge >= 0.3 is 12.0 Å². The number of nitrogens with zero attached hydrogens (tertiary/aromatic N) is 1. The van der Waals surface area contributed by atoms with E-state index in [0.717, 1.165) is 3.57 Å². The normalized spacial score (nSPS) is 18.7. The van der Waals surface area contributed by atoms with E-state index in [-0.39, 0.29) is 6.03 Å². The molecule has 2 amide bonds. The van der Waals surface area contributed by atoms with Gasteiger partial charge in [-0.15, -0.1) is 11.8 Å². The van der Waals surface area contributed by atoms with Gasteiger partial charge in [-0.3, -0.25) is 0 Å². The second-order valence-electron chi connectivity index (χ2n) is 3.73. The van der Waals surface area contributed by atoms with Crippen molar-refractivity contribution in [3.8, 4) is 0 Å². The lowest BCUT2D eigenvalue weighted by atomic mass is 10.3. The molecule has 0 aliphatic carbocycles. The molecule has 1 aromatic rings. The van der Waals surface area contributed by atoms with Crippen LogP contribution in [-0.2, 0) is 4.79 Å². The summed E-state index contributed by atoms with van der Waals surface area (Å²) in [5.74, 6) is -0.112. The van der Waals surface area contributed by atoms with Crippen molar-refractivity contribution in [3.05, 3.63) is 27.8 Å². The van der Waals surface area contributed by atoms with Gasteiger partial charge in [0.15, 0.2) is 0 Å². The maximum atomic E-state index is 12.0. The third-order valence-corrected chi connectivity index (χ3v) is 4.50. The number of nitrogens with one attached hydrogen (secondary N) is 1. The van der Waals surface area contributed by atoms with Crippen molar-refractivity contribution >= 4 is 52.0 Å². The molecule has 0 spiro atoms. The van der Waals surface area contributed by atoms with Crippen LogP contribution < -0.4 is 5.32 Å². The first kappa shape index (κ1) is 13.5. The van der Waals surface area contributed by atoms with E-state index in [1.54, 1.807) is 6.07 Å². The monoisotopic (exact) mass is 378 g/mol. The summed E-state index contributed by atoms with van der Waals surface area (Å²) in [6, 6.07) is 6.27. The van der Waals surface area contributed by atoms with Gasteiger partial charge in [0.05, 0.1) is 11.6 Å². The van der Waals surface area contributed by atoms with Crippen LogP contribution in [0.5, 0.6) is 0 Å². The summed E-state index contributed by atoms with van der Waals surface area (Å²) in [6.45, 7) is 0. The highest BCUT2D eigenvalue weighted by atomic mass is 127. The predicted octanol–water partition coefficient (Wildman–Crippen LogP) is 2.28. The highest BCUT2D eigenvalue weighted by molar-refractivity contribution is 14.1. The summed E-state index contributed by atoms with van der Waals surface area (Å²) >= 11 is 3.56. The maximum Gasteiger partial charge on any atom is 0.327 e. The number of thioether (sulfide) groups is 1. The zero-order valence-corrected chi connectivity index (χ0v) is 12.3. The van der Waals surface area contributed by atoms with Crippen molar-refractivity contribution in [3.63, 3.8) is 0 Å². The minimum absolute atomic E-state index is 0.364. The quantitative estimate of drug-likeness (QED) is 0.775. The van der Waals surface area contributed by atoms with Gasteiger partial charge < -0.3 is 15.3 Å². The Morgan fingerprint density at radius 1 is 1.44 bits per heavy atom. The lowest BCUT2D eigenvalue weighted by Crippen LogP contribution is -2.44. The zero-order valence-electron chi connectivity index (χ0n) is 9.30. The average Bonchev–Trinajstić information content (AvgIpc) is 2.81. The number of carboxylic acids is 1. The third-order valence-electron chi connectivity index (χ3n) is 2.54. The lowest BCUT2D eigenvalue weighted by Gasteiger charge is -2.21. The Labute approximate surface area is 122 Å². The summed E-state index contributed by atoms with van der Waals surface area (Å²) in [5.41, 5.74) is 0.698. The summed E-state index contributed by atoms with van der Waals surface area (Å²) < 4.78 is 0.919. The molecule has 0 radical (unpaired) electrons. The second-order valence-corrected chi connectivity index (χ2v) is 5.90. The van der Waals surface area contributed by atoms with Crippen LogP contribution in [-0.4, -0.2) is 39.7 Å². The van der Waals surface area contributed by atoms with Crippen molar-refractivity contribution in [1.29, 1.82) is 0 Å². The molecule has 1 atom stereocenters. The number of carboxylic acid groups (broad SMARTS) is 1.